The van der Waals surface area contributed by atoms with Gasteiger partial charge in [-0.3, -0.25) is 4.79 Å². The molecule has 1 saturated heterocycles. The van der Waals surface area contributed by atoms with Crippen LogP contribution < -0.4 is 4.90 Å². The van der Waals surface area contributed by atoms with Gasteiger partial charge in [0.05, 0.1) is 23.2 Å². The van der Waals surface area contributed by atoms with Gasteiger partial charge in [-0.2, -0.15) is 0 Å². The van der Waals surface area contributed by atoms with Crippen molar-refractivity contribution in [3.8, 4) is 11.4 Å². The number of nitrogens with one attached hydrogen (secondary N) is 1. The molecule has 1 aliphatic carbocycles. The van der Waals surface area contributed by atoms with E-state index < -0.39 is 5.97 Å². The smallest absolute Gasteiger partial charge is 0.303 e. The summed E-state index contributed by atoms with van der Waals surface area (Å²) in [6.07, 6.45) is 8.70. The van der Waals surface area contributed by atoms with Crippen molar-refractivity contribution in [2.75, 3.05) is 18.0 Å². The number of rotatable bonds is 6. The van der Waals surface area contributed by atoms with E-state index in [2.05, 4.69) is 41.1 Å². The van der Waals surface area contributed by atoms with Crippen LogP contribution in [0.2, 0.25) is 0 Å². The first-order valence-electron chi connectivity index (χ1n) is 12.1. The first-order chi connectivity index (χ1) is 16.0. The van der Waals surface area contributed by atoms with E-state index >= 15 is 0 Å². The number of carbonyl (C=O) groups is 1. The summed E-state index contributed by atoms with van der Waals surface area (Å²) in [7, 11) is 0. The van der Waals surface area contributed by atoms with E-state index in [1.165, 1.54) is 5.56 Å². The Morgan fingerprint density at radius 3 is 2.55 bits per heavy atom. The van der Waals surface area contributed by atoms with Crippen molar-refractivity contribution in [1.82, 2.24) is 15.0 Å². The Morgan fingerprint density at radius 1 is 1.09 bits per heavy atom. The van der Waals surface area contributed by atoms with Gasteiger partial charge in [-0.25, -0.2) is 9.97 Å². The maximum Gasteiger partial charge on any atom is 0.303 e. The first-order valence-corrected chi connectivity index (χ1v) is 12.1. The average Bonchev–Trinajstić information content (AvgIpc) is 3.24. The molecule has 7 nitrogen and oxygen atoms in total. The number of fused-ring (bicyclic) bond motifs is 1. The second kappa shape index (κ2) is 9.51. The van der Waals surface area contributed by atoms with E-state index in [0.717, 1.165) is 79.9 Å². The fraction of sp³-hybridized carbons (Fsp3) is 0.500. The number of carboxylic acids is 1. The van der Waals surface area contributed by atoms with Gasteiger partial charge in [0.1, 0.15) is 11.6 Å². The minimum atomic E-state index is -0.680. The van der Waals surface area contributed by atoms with Crippen LogP contribution in [-0.4, -0.2) is 51.3 Å². The van der Waals surface area contributed by atoms with Crippen LogP contribution in [0.3, 0.4) is 0 Å². The number of carboxylic acid groups (broad SMARTS) is 1. The highest BCUT2D eigenvalue weighted by Gasteiger charge is 2.28. The summed E-state index contributed by atoms with van der Waals surface area (Å²) in [5, 5.41) is 8.98. The van der Waals surface area contributed by atoms with Crippen molar-refractivity contribution in [2.45, 2.75) is 64.1 Å². The normalized spacial score (nSPS) is 22.0. The van der Waals surface area contributed by atoms with Gasteiger partial charge in [0, 0.05) is 31.3 Å². The monoisotopic (exact) mass is 448 g/mol. The van der Waals surface area contributed by atoms with E-state index in [1.807, 2.05) is 12.3 Å². The molecule has 5 rings (SSSR count). The lowest BCUT2D eigenvalue weighted by atomic mass is 9.85. The third kappa shape index (κ3) is 5.19. The van der Waals surface area contributed by atoms with E-state index in [4.69, 9.17) is 19.8 Å². The number of ether oxygens (including phenoxy) is 1. The molecular formula is C26H32N4O3. The lowest BCUT2D eigenvalue weighted by Crippen LogP contribution is -2.39. The van der Waals surface area contributed by atoms with Crippen molar-refractivity contribution in [3.05, 3.63) is 42.1 Å². The maximum absolute atomic E-state index is 10.9. The van der Waals surface area contributed by atoms with E-state index in [0.29, 0.717) is 18.4 Å². The summed E-state index contributed by atoms with van der Waals surface area (Å²) in [5.74, 6) is 1.49. The van der Waals surface area contributed by atoms with E-state index in [1.54, 1.807) is 0 Å². The fourth-order valence-electron chi connectivity index (χ4n) is 5.19. The first kappa shape index (κ1) is 21.9. The zero-order chi connectivity index (χ0) is 22.8. The number of nitrogens with zero attached hydrogens (tertiary/aromatic N) is 3. The number of hydrogen-bond donors (Lipinski definition) is 2. The number of imidazole rings is 1. The molecule has 0 radical (unpaired) electrons. The van der Waals surface area contributed by atoms with Crippen molar-refractivity contribution in [2.24, 2.45) is 5.92 Å². The van der Waals surface area contributed by atoms with Crippen LogP contribution in [0.1, 0.15) is 50.5 Å². The van der Waals surface area contributed by atoms with Crippen LogP contribution in [0, 0.1) is 12.8 Å². The summed E-state index contributed by atoms with van der Waals surface area (Å²) in [6.45, 7) is 3.96. The van der Waals surface area contributed by atoms with Crippen molar-refractivity contribution >= 4 is 22.8 Å². The van der Waals surface area contributed by atoms with Crippen LogP contribution in [0.4, 0.5) is 5.82 Å². The van der Waals surface area contributed by atoms with Gasteiger partial charge < -0.3 is 19.7 Å². The molecule has 174 valence electrons. The minimum Gasteiger partial charge on any atom is -0.481 e. The number of pyridine rings is 1. The molecule has 1 aromatic carbocycles. The van der Waals surface area contributed by atoms with Gasteiger partial charge in [-0.1, -0.05) is 6.07 Å². The standard InChI is InChI=1S/C26H32N4O3/c1-17-2-8-22-23(14-17)29-26(28-22)19-5-9-24(27-16-19)30-12-10-21(11-13-30)33-20-6-3-18(4-7-20)15-25(31)32/h2,5,8-9,14,16,18,20-21H,3-4,6-7,10-13,15H2,1H3,(H,28,29)(H,31,32)/t18-,20-. The highest BCUT2D eigenvalue weighted by molar-refractivity contribution is 5.80. The average molecular weight is 449 g/mol. The Kier molecular flexibility index (Phi) is 6.31. The van der Waals surface area contributed by atoms with Crippen LogP contribution >= 0.6 is 0 Å². The molecule has 1 aliphatic heterocycles. The van der Waals surface area contributed by atoms with Crippen molar-refractivity contribution in [1.29, 1.82) is 0 Å². The predicted octanol–water partition coefficient (Wildman–Crippen LogP) is 4.95. The van der Waals surface area contributed by atoms with Gasteiger partial charge in [-0.05, 0) is 81.2 Å². The Bertz CT molecular complexity index is 1090. The largest absolute Gasteiger partial charge is 0.481 e. The predicted molar refractivity (Wildman–Crippen MR) is 128 cm³/mol. The quantitative estimate of drug-likeness (QED) is 0.554. The van der Waals surface area contributed by atoms with Gasteiger partial charge >= 0.3 is 5.97 Å². The fourth-order valence-corrected chi connectivity index (χ4v) is 5.19. The van der Waals surface area contributed by atoms with Crippen LogP contribution in [-0.2, 0) is 9.53 Å². The number of H-pyrrole nitrogens is 1. The van der Waals surface area contributed by atoms with Crippen molar-refractivity contribution in [3.63, 3.8) is 0 Å². The summed E-state index contributed by atoms with van der Waals surface area (Å²) in [4.78, 5) is 26.0. The molecule has 0 bridgehead atoms. The zero-order valence-corrected chi connectivity index (χ0v) is 19.2. The maximum atomic E-state index is 10.9. The number of aliphatic carboxylic acids is 1. The molecule has 2 aliphatic rings. The van der Waals surface area contributed by atoms with Crippen LogP contribution in [0.5, 0.6) is 0 Å². The second-order valence-electron chi connectivity index (χ2n) is 9.57. The number of aromatic amines is 1. The van der Waals surface area contributed by atoms with Crippen molar-refractivity contribution < 1.29 is 14.6 Å². The van der Waals surface area contributed by atoms with Gasteiger partial charge in [0.15, 0.2) is 0 Å². The Balaban J connectivity index is 1.12. The molecular weight excluding hydrogens is 416 g/mol. The summed E-state index contributed by atoms with van der Waals surface area (Å²) in [6, 6.07) is 10.4. The topological polar surface area (TPSA) is 91.3 Å². The number of benzene rings is 1. The van der Waals surface area contributed by atoms with E-state index in [-0.39, 0.29) is 6.10 Å². The summed E-state index contributed by atoms with van der Waals surface area (Å²) >= 11 is 0. The lowest BCUT2D eigenvalue weighted by molar-refractivity contribution is -0.138. The molecule has 1 saturated carbocycles. The third-order valence-corrected chi connectivity index (χ3v) is 7.07. The molecule has 0 unspecified atom stereocenters. The minimum absolute atomic E-state index is 0.289. The highest BCUT2D eigenvalue weighted by atomic mass is 16.5. The molecule has 33 heavy (non-hydrogen) atoms. The number of aryl methyl sites for hydroxylation is 1. The molecule has 0 atom stereocenters. The summed E-state index contributed by atoms with van der Waals surface area (Å²) in [5.41, 5.74) is 4.22. The van der Waals surface area contributed by atoms with Gasteiger partial charge in [-0.15, -0.1) is 0 Å². The number of hydrogen-bond acceptors (Lipinski definition) is 5. The highest BCUT2D eigenvalue weighted by Crippen LogP contribution is 2.31. The molecule has 7 heteroatoms. The molecule has 2 fully saturated rings. The summed E-state index contributed by atoms with van der Waals surface area (Å²) < 4.78 is 6.38. The van der Waals surface area contributed by atoms with Gasteiger partial charge in [0.25, 0.3) is 0 Å². The Hall–Kier alpha value is -2.93. The third-order valence-electron chi connectivity index (χ3n) is 7.07. The van der Waals surface area contributed by atoms with Gasteiger partial charge in [0.2, 0.25) is 0 Å². The molecule has 3 heterocycles. The SMILES string of the molecule is Cc1ccc2nc(-c3ccc(N4CCC(O[C@H]5CC[C@H](CC(=O)O)CC5)CC4)nc3)[nH]c2c1. The van der Waals surface area contributed by atoms with Crippen LogP contribution in [0.25, 0.3) is 22.4 Å². The number of anilines is 1. The molecule has 0 amide bonds. The zero-order valence-electron chi connectivity index (χ0n) is 19.2. The molecule has 2 aromatic heterocycles. The molecule has 3 aromatic rings. The molecule has 2 N–H and O–H groups in total. The lowest BCUT2D eigenvalue weighted by Gasteiger charge is -2.36. The number of piperidine rings is 1. The Labute approximate surface area is 194 Å². The van der Waals surface area contributed by atoms with E-state index in [9.17, 15) is 4.79 Å². The second-order valence-corrected chi connectivity index (χ2v) is 9.57. The molecule has 0 spiro atoms. The number of aromatic nitrogens is 3. The Morgan fingerprint density at radius 2 is 1.85 bits per heavy atom. The van der Waals surface area contributed by atoms with Crippen LogP contribution in [0.15, 0.2) is 36.5 Å².